The van der Waals surface area contributed by atoms with Crippen molar-refractivity contribution in [3.63, 3.8) is 0 Å². The van der Waals surface area contributed by atoms with Crippen LogP contribution in [0.15, 0.2) is 36.7 Å². The third-order valence-corrected chi connectivity index (χ3v) is 6.59. The summed E-state index contributed by atoms with van der Waals surface area (Å²) in [6.45, 7) is 4.23. The molecule has 3 rings (SSSR count). The van der Waals surface area contributed by atoms with Crippen LogP contribution in [0, 0.1) is 0 Å². The molecule has 1 aliphatic heterocycles. The third kappa shape index (κ3) is 4.63. The third-order valence-electron chi connectivity index (χ3n) is 4.84. The highest BCUT2D eigenvalue weighted by Crippen LogP contribution is 2.22. The zero-order valence-corrected chi connectivity index (χ0v) is 16.5. The van der Waals surface area contributed by atoms with Gasteiger partial charge < -0.3 is 10.2 Å². The lowest BCUT2D eigenvalue weighted by atomic mass is 10.0. The zero-order chi connectivity index (χ0) is 19.6. The van der Waals surface area contributed by atoms with Gasteiger partial charge in [0, 0.05) is 24.8 Å². The van der Waals surface area contributed by atoms with Crippen LogP contribution < -0.4 is 10.2 Å². The van der Waals surface area contributed by atoms with Crippen LogP contribution in [-0.2, 0) is 9.84 Å². The standard InChI is InChI=1S/C19H24N4O3S/c1-13(2)14-4-6-15(7-5-14)22-19(24)17-10-18(21-12-20-17)23(3)16-8-9-27(25,26)11-16/h4-7,10,12-13,16H,8-9,11H2,1-3H3,(H,22,24). The molecule has 1 aliphatic rings. The fraction of sp³-hybridized carbons (Fsp3) is 0.421. The van der Waals surface area contributed by atoms with Crippen LogP contribution in [0.25, 0.3) is 0 Å². The summed E-state index contributed by atoms with van der Waals surface area (Å²) in [4.78, 5) is 22.6. The highest BCUT2D eigenvalue weighted by molar-refractivity contribution is 7.91. The first-order valence-corrected chi connectivity index (χ1v) is 10.7. The number of sulfone groups is 1. The molecule has 0 aliphatic carbocycles. The normalized spacial score (nSPS) is 18.4. The Morgan fingerprint density at radius 2 is 1.93 bits per heavy atom. The Bertz CT molecular complexity index is 926. The summed E-state index contributed by atoms with van der Waals surface area (Å²) < 4.78 is 23.4. The molecule has 0 saturated carbocycles. The first-order chi connectivity index (χ1) is 12.7. The average molecular weight is 388 g/mol. The van der Waals surface area contributed by atoms with Gasteiger partial charge in [0.25, 0.3) is 5.91 Å². The van der Waals surface area contributed by atoms with Gasteiger partial charge >= 0.3 is 0 Å². The molecule has 1 aromatic carbocycles. The van der Waals surface area contributed by atoms with Crippen LogP contribution >= 0.6 is 0 Å². The van der Waals surface area contributed by atoms with Crippen molar-refractivity contribution in [3.8, 4) is 0 Å². The Balaban J connectivity index is 1.72. The van der Waals surface area contributed by atoms with E-state index < -0.39 is 9.84 Å². The van der Waals surface area contributed by atoms with Crippen LogP contribution in [0.3, 0.4) is 0 Å². The number of nitrogens with one attached hydrogen (secondary N) is 1. The van der Waals surface area contributed by atoms with Crippen molar-refractivity contribution >= 4 is 27.2 Å². The molecular formula is C19H24N4O3S. The molecule has 0 radical (unpaired) electrons. The highest BCUT2D eigenvalue weighted by Gasteiger charge is 2.31. The van der Waals surface area contributed by atoms with E-state index in [0.29, 0.717) is 23.8 Å². The van der Waals surface area contributed by atoms with Gasteiger partial charge in [-0.2, -0.15) is 0 Å². The maximum atomic E-state index is 12.5. The van der Waals surface area contributed by atoms with Gasteiger partial charge in [-0.05, 0) is 30.0 Å². The van der Waals surface area contributed by atoms with Crippen molar-refractivity contribution in [2.75, 3.05) is 28.8 Å². The van der Waals surface area contributed by atoms with Gasteiger partial charge in [-0.1, -0.05) is 26.0 Å². The molecule has 144 valence electrons. The average Bonchev–Trinajstić information content (AvgIpc) is 3.01. The highest BCUT2D eigenvalue weighted by atomic mass is 32.2. The second-order valence-electron chi connectivity index (χ2n) is 7.16. The van der Waals surface area contributed by atoms with E-state index in [2.05, 4.69) is 29.1 Å². The number of carbonyl (C=O) groups excluding carboxylic acids is 1. The molecule has 1 fully saturated rings. The van der Waals surface area contributed by atoms with E-state index in [1.807, 2.05) is 24.3 Å². The monoisotopic (exact) mass is 388 g/mol. The minimum absolute atomic E-state index is 0.108. The zero-order valence-electron chi connectivity index (χ0n) is 15.7. The molecule has 8 heteroatoms. The predicted octanol–water partition coefficient (Wildman–Crippen LogP) is 2.48. The number of carbonyl (C=O) groups is 1. The maximum Gasteiger partial charge on any atom is 0.274 e. The van der Waals surface area contributed by atoms with Gasteiger partial charge in [0.05, 0.1) is 11.5 Å². The maximum absolute atomic E-state index is 12.5. The number of hydrogen-bond acceptors (Lipinski definition) is 6. The molecule has 0 bridgehead atoms. The topological polar surface area (TPSA) is 92.3 Å². The van der Waals surface area contributed by atoms with E-state index in [0.717, 1.165) is 0 Å². The lowest BCUT2D eigenvalue weighted by Crippen LogP contribution is -2.33. The van der Waals surface area contributed by atoms with Crippen molar-refractivity contribution in [1.29, 1.82) is 0 Å². The Hall–Kier alpha value is -2.48. The summed E-state index contributed by atoms with van der Waals surface area (Å²) in [7, 11) is -1.20. The molecule has 1 N–H and O–H groups in total. The Labute approximate surface area is 159 Å². The van der Waals surface area contributed by atoms with Gasteiger partial charge in [0.15, 0.2) is 9.84 Å². The Morgan fingerprint density at radius 3 is 2.52 bits per heavy atom. The Morgan fingerprint density at radius 1 is 1.22 bits per heavy atom. The summed E-state index contributed by atoms with van der Waals surface area (Å²) >= 11 is 0. The van der Waals surface area contributed by atoms with Crippen LogP contribution in [0.4, 0.5) is 11.5 Å². The number of nitrogens with zero attached hydrogens (tertiary/aromatic N) is 3. The van der Waals surface area contributed by atoms with E-state index >= 15 is 0 Å². The quantitative estimate of drug-likeness (QED) is 0.846. The largest absolute Gasteiger partial charge is 0.356 e. The fourth-order valence-corrected chi connectivity index (χ4v) is 4.85. The summed E-state index contributed by atoms with van der Waals surface area (Å²) in [6.07, 6.45) is 1.89. The van der Waals surface area contributed by atoms with E-state index in [-0.39, 0.29) is 29.1 Å². The number of hydrogen-bond donors (Lipinski definition) is 1. The molecule has 1 saturated heterocycles. The van der Waals surface area contributed by atoms with E-state index in [1.54, 1.807) is 18.0 Å². The van der Waals surface area contributed by atoms with Crippen molar-refractivity contribution in [3.05, 3.63) is 47.9 Å². The SMILES string of the molecule is CC(C)c1ccc(NC(=O)c2cc(N(C)C3CCS(=O)(=O)C3)ncn2)cc1. The minimum Gasteiger partial charge on any atom is -0.356 e. The molecule has 1 atom stereocenters. The second-order valence-corrected chi connectivity index (χ2v) is 9.39. The second kappa shape index (κ2) is 7.64. The number of rotatable bonds is 5. The molecule has 1 unspecified atom stereocenters. The molecule has 2 aromatic rings. The first kappa shape index (κ1) is 19.3. The molecule has 1 aromatic heterocycles. The molecule has 2 heterocycles. The number of aromatic nitrogens is 2. The lowest BCUT2D eigenvalue weighted by molar-refractivity contribution is 0.102. The van der Waals surface area contributed by atoms with Gasteiger partial charge in [-0.15, -0.1) is 0 Å². The van der Waals surface area contributed by atoms with Gasteiger partial charge in [-0.3, -0.25) is 4.79 Å². The number of benzene rings is 1. The van der Waals surface area contributed by atoms with Gasteiger partial charge in [0.1, 0.15) is 17.8 Å². The summed E-state index contributed by atoms with van der Waals surface area (Å²) in [5, 5.41) is 2.83. The van der Waals surface area contributed by atoms with Crippen molar-refractivity contribution in [2.24, 2.45) is 0 Å². The fourth-order valence-electron chi connectivity index (χ4n) is 3.08. The van der Waals surface area contributed by atoms with Crippen LogP contribution in [0.5, 0.6) is 0 Å². The molecule has 0 spiro atoms. The van der Waals surface area contributed by atoms with Gasteiger partial charge in [0.2, 0.25) is 0 Å². The molecule has 27 heavy (non-hydrogen) atoms. The summed E-state index contributed by atoms with van der Waals surface area (Å²) in [5.74, 6) is 0.925. The molecule has 1 amide bonds. The predicted molar refractivity (Wildman–Crippen MR) is 106 cm³/mol. The lowest BCUT2D eigenvalue weighted by Gasteiger charge is -2.24. The smallest absolute Gasteiger partial charge is 0.274 e. The van der Waals surface area contributed by atoms with Crippen LogP contribution in [-0.4, -0.2) is 48.9 Å². The van der Waals surface area contributed by atoms with Crippen molar-refractivity contribution in [1.82, 2.24) is 9.97 Å². The molecule has 7 nitrogen and oxygen atoms in total. The van der Waals surface area contributed by atoms with Crippen LogP contribution in [0.2, 0.25) is 0 Å². The van der Waals surface area contributed by atoms with E-state index in [1.165, 1.54) is 11.9 Å². The number of anilines is 2. The summed E-state index contributed by atoms with van der Waals surface area (Å²) in [6, 6.07) is 9.16. The van der Waals surface area contributed by atoms with Crippen molar-refractivity contribution < 1.29 is 13.2 Å². The first-order valence-electron chi connectivity index (χ1n) is 8.92. The summed E-state index contributed by atoms with van der Waals surface area (Å²) in [5.41, 5.74) is 2.13. The van der Waals surface area contributed by atoms with Crippen molar-refractivity contribution in [2.45, 2.75) is 32.2 Å². The van der Waals surface area contributed by atoms with Gasteiger partial charge in [-0.25, -0.2) is 18.4 Å². The molecular weight excluding hydrogens is 364 g/mol. The van der Waals surface area contributed by atoms with E-state index in [4.69, 9.17) is 0 Å². The van der Waals surface area contributed by atoms with E-state index in [9.17, 15) is 13.2 Å². The number of amides is 1. The minimum atomic E-state index is -2.99. The van der Waals surface area contributed by atoms with Crippen LogP contribution in [0.1, 0.15) is 42.2 Å². The Kier molecular flexibility index (Phi) is 5.46.